The minimum Gasteiger partial charge on any atom is -0.253 e. The summed E-state index contributed by atoms with van der Waals surface area (Å²) in [5.74, 6) is 0.510. The van der Waals surface area contributed by atoms with Gasteiger partial charge in [0, 0.05) is 16.0 Å². The molecule has 0 spiro atoms. The molecule has 0 aliphatic rings. The van der Waals surface area contributed by atoms with Crippen LogP contribution in [-0.2, 0) is 6.42 Å². The van der Waals surface area contributed by atoms with E-state index in [1.165, 1.54) is 41.9 Å². The molecule has 6 heteroatoms. The number of hydrogen-bond acceptors (Lipinski definition) is 5. The van der Waals surface area contributed by atoms with Gasteiger partial charge in [0.2, 0.25) is 5.82 Å². The van der Waals surface area contributed by atoms with E-state index in [9.17, 15) is 0 Å². The molecule has 0 aromatic carbocycles. The Hall–Kier alpha value is -2.34. The summed E-state index contributed by atoms with van der Waals surface area (Å²) in [5, 5.41) is 13.9. The molecule has 0 amide bonds. The van der Waals surface area contributed by atoms with Crippen LogP contribution in [-0.4, -0.2) is 25.6 Å². The standard InChI is InChI=1S/C18H21N5S/c1-2-3-4-5-6-15-9-10-16(24-15)8-7-14-11-12-19-17(13-14)18-20-22-23-21-18/h7-13H,2-6H2,1H3,(H,20,21,22,23)/b8-7+. The Labute approximate surface area is 145 Å². The van der Waals surface area contributed by atoms with Gasteiger partial charge in [-0.05, 0) is 54.0 Å². The maximum absolute atomic E-state index is 4.27. The number of pyridine rings is 1. The van der Waals surface area contributed by atoms with Crippen LogP contribution in [0.1, 0.15) is 47.9 Å². The second-order valence-corrected chi connectivity index (χ2v) is 6.86. The fourth-order valence-corrected chi connectivity index (χ4v) is 3.42. The molecule has 3 aromatic rings. The highest BCUT2D eigenvalue weighted by Gasteiger charge is 2.04. The first-order chi connectivity index (χ1) is 11.8. The van der Waals surface area contributed by atoms with Crippen molar-refractivity contribution in [1.82, 2.24) is 25.6 Å². The summed E-state index contributed by atoms with van der Waals surface area (Å²) in [6.45, 7) is 2.25. The van der Waals surface area contributed by atoms with Gasteiger partial charge in [0.15, 0.2) is 0 Å². The molecule has 0 radical (unpaired) electrons. The Morgan fingerprint density at radius 2 is 2.08 bits per heavy atom. The Kier molecular flexibility index (Phi) is 5.85. The number of tetrazole rings is 1. The fraction of sp³-hybridized carbons (Fsp3) is 0.333. The normalized spacial score (nSPS) is 11.4. The van der Waals surface area contributed by atoms with Gasteiger partial charge in [-0.1, -0.05) is 32.3 Å². The molecule has 3 heterocycles. The molecule has 0 aliphatic carbocycles. The van der Waals surface area contributed by atoms with Crippen LogP contribution >= 0.6 is 11.3 Å². The highest BCUT2D eigenvalue weighted by molar-refractivity contribution is 7.12. The molecule has 0 bridgehead atoms. The van der Waals surface area contributed by atoms with Gasteiger partial charge in [-0.25, -0.2) is 0 Å². The molecule has 0 unspecified atom stereocenters. The van der Waals surface area contributed by atoms with Gasteiger partial charge in [0.1, 0.15) is 5.69 Å². The van der Waals surface area contributed by atoms with Crippen LogP contribution in [0, 0.1) is 0 Å². The van der Waals surface area contributed by atoms with Crippen molar-refractivity contribution >= 4 is 23.5 Å². The highest BCUT2D eigenvalue weighted by atomic mass is 32.1. The molecule has 0 fully saturated rings. The van der Waals surface area contributed by atoms with Crippen LogP contribution in [0.2, 0.25) is 0 Å². The number of nitrogens with one attached hydrogen (secondary N) is 1. The van der Waals surface area contributed by atoms with Crippen molar-refractivity contribution in [2.45, 2.75) is 39.0 Å². The Morgan fingerprint density at radius 1 is 1.12 bits per heavy atom. The molecule has 1 N–H and O–H groups in total. The quantitative estimate of drug-likeness (QED) is 0.608. The first-order valence-corrected chi connectivity index (χ1v) is 9.13. The monoisotopic (exact) mass is 339 g/mol. The number of hydrogen-bond donors (Lipinski definition) is 1. The molecule has 0 saturated carbocycles. The second kappa shape index (κ2) is 8.49. The molecule has 5 nitrogen and oxygen atoms in total. The van der Waals surface area contributed by atoms with E-state index in [-0.39, 0.29) is 0 Å². The minimum atomic E-state index is 0.510. The van der Waals surface area contributed by atoms with Gasteiger partial charge in [0.25, 0.3) is 0 Å². The highest BCUT2D eigenvalue weighted by Crippen LogP contribution is 2.22. The zero-order chi connectivity index (χ0) is 16.6. The average Bonchev–Trinajstić information content (AvgIpc) is 3.29. The molecule has 0 saturated heterocycles. The van der Waals surface area contributed by atoms with E-state index in [0.29, 0.717) is 11.5 Å². The van der Waals surface area contributed by atoms with Gasteiger partial charge in [-0.15, -0.1) is 21.5 Å². The van der Waals surface area contributed by atoms with Crippen LogP contribution in [0.4, 0.5) is 0 Å². The Morgan fingerprint density at radius 3 is 2.92 bits per heavy atom. The fourth-order valence-electron chi connectivity index (χ4n) is 2.47. The lowest BCUT2D eigenvalue weighted by Gasteiger charge is -1.97. The van der Waals surface area contributed by atoms with Gasteiger partial charge in [0.05, 0.1) is 0 Å². The van der Waals surface area contributed by atoms with Crippen molar-refractivity contribution in [2.24, 2.45) is 0 Å². The molecular formula is C18H21N5S. The van der Waals surface area contributed by atoms with Gasteiger partial charge >= 0.3 is 0 Å². The Bertz CT molecular complexity index is 776. The summed E-state index contributed by atoms with van der Waals surface area (Å²) in [5.41, 5.74) is 1.79. The SMILES string of the molecule is CCCCCCc1ccc(/C=C/c2ccnc(-c3nn[nH]n3)c2)s1. The summed E-state index contributed by atoms with van der Waals surface area (Å²) in [7, 11) is 0. The predicted octanol–water partition coefficient (Wildman–Crippen LogP) is 4.62. The van der Waals surface area contributed by atoms with Crippen molar-refractivity contribution in [3.05, 3.63) is 45.8 Å². The molecule has 0 atom stereocenters. The van der Waals surface area contributed by atoms with Crippen LogP contribution in [0.25, 0.3) is 23.7 Å². The molecule has 124 valence electrons. The second-order valence-electron chi connectivity index (χ2n) is 5.66. The molecule has 24 heavy (non-hydrogen) atoms. The number of unbranched alkanes of at least 4 members (excludes halogenated alkanes) is 3. The summed E-state index contributed by atoms with van der Waals surface area (Å²) in [4.78, 5) is 7.02. The van der Waals surface area contributed by atoms with Crippen molar-refractivity contribution in [1.29, 1.82) is 0 Å². The number of aromatic nitrogens is 5. The zero-order valence-corrected chi connectivity index (χ0v) is 14.6. The van der Waals surface area contributed by atoms with Crippen molar-refractivity contribution in [3.63, 3.8) is 0 Å². The lowest BCUT2D eigenvalue weighted by atomic mass is 10.1. The average molecular weight is 339 g/mol. The van der Waals surface area contributed by atoms with Crippen LogP contribution < -0.4 is 0 Å². The number of aryl methyl sites for hydroxylation is 1. The lowest BCUT2D eigenvalue weighted by Crippen LogP contribution is -1.86. The topological polar surface area (TPSA) is 67.3 Å². The third-order valence-electron chi connectivity index (χ3n) is 3.76. The van der Waals surface area contributed by atoms with E-state index >= 15 is 0 Å². The van der Waals surface area contributed by atoms with Crippen molar-refractivity contribution in [2.75, 3.05) is 0 Å². The molecule has 0 aliphatic heterocycles. The lowest BCUT2D eigenvalue weighted by molar-refractivity contribution is 0.670. The Balaban J connectivity index is 1.62. The number of H-pyrrole nitrogens is 1. The van der Waals surface area contributed by atoms with E-state index in [1.807, 2.05) is 23.5 Å². The number of nitrogens with zero attached hydrogens (tertiary/aromatic N) is 4. The summed E-state index contributed by atoms with van der Waals surface area (Å²) in [6, 6.07) is 8.37. The number of thiophene rings is 1. The van der Waals surface area contributed by atoms with Crippen LogP contribution in [0.5, 0.6) is 0 Å². The molecule has 3 aromatic heterocycles. The van der Waals surface area contributed by atoms with Gasteiger partial charge in [-0.3, -0.25) is 4.98 Å². The first-order valence-electron chi connectivity index (χ1n) is 8.32. The minimum absolute atomic E-state index is 0.510. The van der Waals surface area contributed by atoms with Crippen molar-refractivity contribution < 1.29 is 0 Å². The third-order valence-corrected chi connectivity index (χ3v) is 4.87. The maximum atomic E-state index is 4.27. The van der Waals surface area contributed by atoms with Gasteiger partial charge in [-0.2, -0.15) is 5.21 Å². The van der Waals surface area contributed by atoms with Crippen LogP contribution in [0.15, 0.2) is 30.5 Å². The summed E-state index contributed by atoms with van der Waals surface area (Å²) < 4.78 is 0. The van der Waals surface area contributed by atoms with E-state index in [4.69, 9.17) is 0 Å². The number of rotatable bonds is 8. The van der Waals surface area contributed by atoms with E-state index in [2.05, 4.69) is 56.8 Å². The van der Waals surface area contributed by atoms with Crippen molar-refractivity contribution in [3.8, 4) is 11.5 Å². The summed E-state index contributed by atoms with van der Waals surface area (Å²) >= 11 is 1.87. The van der Waals surface area contributed by atoms with Gasteiger partial charge < -0.3 is 0 Å². The smallest absolute Gasteiger partial charge is 0.222 e. The largest absolute Gasteiger partial charge is 0.253 e. The molecule has 3 rings (SSSR count). The van der Waals surface area contributed by atoms with Crippen LogP contribution in [0.3, 0.4) is 0 Å². The maximum Gasteiger partial charge on any atom is 0.222 e. The summed E-state index contributed by atoms with van der Waals surface area (Å²) in [6.07, 6.45) is 12.4. The van der Waals surface area contributed by atoms with E-state index < -0.39 is 0 Å². The zero-order valence-electron chi connectivity index (χ0n) is 13.8. The third kappa shape index (κ3) is 4.58. The first kappa shape index (κ1) is 16.5. The number of aromatic amines is 1. The van der Waals surface area contributed by atoms with E-state index in [1.54, 1.807) is 6.20 Å². The van der Waals surface area contributed by atoms with E-state index in [0.717, 1.165) is 5.56 Å². The molecular weight excluding hydrogens is 318 g/mol. The predicted molar refractivity (Wildman–Crippen MR) is 98.5 cm³/mol.